The Morgan fingerprint density at radius 3 is 2.59 bits per heavy atom. The molecule has 0 saturated heterocycles. The van der Waals surface area contributed by atoms with Crippen LogP contribution in [0.25, 0.3) is 12.2 Å². The number of aryl methyl sites for hydroxylation is 3. The summed E-state index contributed by atoms with van der Waals surface area (Å²) in [7, 11) is 1.48. The Balaban J connectivity index is 1.67. The molecule has 1 N–H and O–H groups in total. The molecule has 0 fully saturated rings. The van der Waals surface area contributed by atoms with Crippen molar-refractivity contribution in [3.05, 3.63) is 74.7 Å². The number of carbonyl (C=O) groups is 1. The van der Waals surface area contributed by atoms with Crippen LogP contribution in [0.2, 0.25) is 0 Å². The molecule has 0 radical (unpaired) electrons. The van der Waals surface area contributed by atoms with Gasteiger partial charge in [0.25, 0.3) is 5.91 Å². The molecule has 9 nitrogen and oxygen atoms in total. The summed E-state index contributed by atoms with van der Waals surface area (Å²) < 4.78 is 16.0. The van der Waals surface area contributed by atoms with E-state index in [0.29, 0.717) is 22.7 Å². The van der Waals surface area contributed by atoms with Crippen molar-refractivity contribution >= 4 is 29.4 Å². The first-order valence-corrected chi connectivity index (χ1v) is 9.75. The van der Waals surface area contributed by atoms with Gasteiger partial charge in [0.2, 0.25) is 5.76 Å². The molecule has 9 heteroatoms. The lowest BCUT2D eigenvalue weighted by Crippen LogP contribution is -2.20. The lowest BCUT2D eigenvalue weighted by molar-refractivity contribution is -0.386. The van der Waals surface area contributed by atoms with E-state index < -0.39 is 4.92 Å². The zero-order valence-electron chi connectivity index (χ0n) is 18.2. The maximum atomic E-state index is 12.2. The normalized spacial score (nSPS) is 10.9. The molecule has 0 atom stereocenters. The molecule has 1 amide bonds. The van der Waals surface area contributed by atoms with Gasteiger partial charge in [-0.15, -0.1) is 0 Å². The molecular formula is C23H23N3O6. The first-order valence-electron chi connectivity index (χ1n) is 9.75. The van der Waals surface area contributed by atoms with E-state index in [-0.39, 0.29) is 29.7 Å². The minimum Gasteiger partial charge on any atom is -0.493 e. The average molecular weight is 437 g/mol. The Hall–Kier alpha value is -4.14. The third-order valence-electron chi connectivity index (χ3n) is 4.80. The quantitative estimate of drug-likeness (QED) is 0.401. The summed E-state index contributed by atoms with van der Waals surface area (Å²) in [6, 6.07) is 10.7. The van der Waals surface area contributed by atoms with E-state index in [1.165, 1.54) is 20.1 Å². The smallest absolute Gasteiger partial charge is 0.338 e. The molecular weight excluding hydrogens is 414 g/mol. The van der Waals surface area contributed by atoms with Crippen molar-refractivity contribution in [2.75, 3.05) is 19.0 Å². The van der Waals surface area contributed by atoms with Crippen LogP contribution < -0.4 is 14.8 Å². The maximum absolute atomic E-state index is 12.2. The number of ether oxygens (including phenoxy) is 2. The SMILES string of the molecule is COc1cc(/C=C\c2onc(C)c2[N+](=O)[O-])ccc1OCC(=O)Nc1ccc(C)c(C)c1. The minimum atomic E-state index is -0.536. The predicted octanol–water partition coefficient (Wildman–Crippen LogP) is 4.70. The van der Waals surface area contributed by atoms with Crippen LogP contribution in [-0.4, -0.2) is 29.7 Å². The fourth-order valence-corrected chi connectivity index (χ4v) is 2.95. The molecule has 0 aliphatic rings. The highest BCUT2D eigenvalue weighted by molar-refractivity contribution is 5.92. The van der Waals surface area contributed by atoms with Crippen LogP contribution in [0.4, 0.5) is 11.4 Å². The number of methoxy groups -OCH3 is 1. The lowest BCUT2D eigenvalue weighted by Gasteiger charge is -2.12. The first-order chi connectivity index (χ1) is 15.3. The van der Waals surface area contributed by atoms with Crippen molar-refractivity contribution in [3.63, 3.8) is 0 Å². The van der Waals surface area contributed by atoms with Crippen molar-refractivity contribution in [1.82, 2.24) is 5.16 Å². The highest BCUT2D eigenvalue weighted by Crippen LogP contribution is 2.30. The molecule has 0 bridgehead atoms. The molecule has 0 aliphatic heterocycles. The van der Waals surface area contributed by atoms with Crippen molar-refractivity contribution < 1.29 is 23.7 Å². The van der Waals surface area contributed by atoms with Gasteiger partial charge in [-0.1, -0.05) is 23.4 Å². The number of carbonyl (C=O) groups excluding carboxylic acids is 1. The molecule has 1 aromatic heterocycles. The molecule has 0 saturated carbocycles. The van der Waals surface area contributed by atoms with Crippen LogP contribution in [0.3, 0.4) is 0 Å². The number of nitrogens with zero attached hydrogens (tertiary/aromatic N) is 2. The van der Waals surface area contributed by atoms with Gasteiger partial charge in [-0.05, 0) is 67.8 Å². The fourth-order valence-electron chi connectivity index (χ4n) is 2.95. The lowest BCUT2D eigenvalue weighted by atomic mass is 10.1. The number of hydrogen-bond acceptors (Lipinski definition) is 7. The van der Waals surface area contributed by atoms with E-state index in [0.717, 1.165) is 11.1 Å². The Kier molecular flexibility index (Phi) is 6.89. The molecule has 3 aromatic rings. The van der Waals surface area contributed by atoms with Gasteiger partial charge in [0.1, 0.15) is 0 Å². The van der Waals surface area contributed by atoms with Crippen molar-refractivity contribution in [2.45, 2.75) is 20.8 Å². The fraction of sp³-hybridized carbons (Fsp3) is 0.217. The number of benzene rings is 2. The topological polar surface area (TPSA) is 117 Å². The van der Waals surface area contributed by atoms with Crippen molar-refractivity contribution in [2.24, 2.45) is 0 Å². The van der Waals surface area contributed by atoms with Crippen LogP contribution in [-0.2, 0) is 4.79 Å². The van der Waals surface area contributed by atoms with E-state index >= 15 is 0 Å². The average Bonchev–Trinajstić information content (AvgIpc) is 3.14. The van der Waals surface area contributed by atoms with Gasteiger partial charge in [0.05, 0.1) is 12.0 Å². The van der Waals surface area contributed by atoms with Gasteiger partial charge in [-0.2, -0.15) is 0 Å². The second-order valence-corrected chi connectivity index (χ2v) is 7.12. The van der Waals surface area contributed by atoms with Crippen molar-refractivity contribution in [1.29, 1.82) is 0 Å². The third kappa shape index (κ3) is 5.31. The van der Waals surface area contributed by atoms with Gasteiger partial charge >= 0.3 is 5.69 Å². The minimum absolute atomic E-state index is 0.0507. The Morgan fingerprint density at radius 1 is 1.12 bits per heavy atom. The second kappa shape index (κ2) is 9.78. The molecule has 166 valence electrons. The Bertz CT molecular complexity index is 1180. The first kappa shape index (κ1) is 22.5. The zero-order chi connectivity index (χ0) is 23.3. The number of amides is 1. The van der Waals surface area contributed by atoms with Gasteiger partial charge in [-0.3, -0.25) is 14.9 Å². The summed E-state index contributed by atoms with van der Waals surface area (Å²) in [6.07, 6.45) is 3.09. The van der Waals surface area contributed by atoms with Gasteiger partial charge in [0, 0.05) is 5.69 Å². The van der Waals surface area contributed by atoms with Gasteiger partial charge in [-0.25, -0.2) is 0 Å². The Morgan fingerprint density at radius 2 is 1.91 bits per heavy atom. The monoisotopic (exact) mass is 437 g/mol. The number of nitro groups is 1. The standard InChI is InChI=1S/C23H23N3O6/c1-14-5-8-18(11-15(14)2)24-22(27)13-31-19-9-6-17(12-21(19)30-4)7-10-20-23(26(28)29)16(3)25-32-20/h5-12H,13H2,1-4H3,(H,24,27)/b10-7-. The predicted molar refractivity (Wildman–Crippen MR) is 120 cm³/mol. The molecule has 0 spiro atoms. The van der Waals surface area contributed by atoms with Crippen LogP contribution in [0.5, 0.6) is 11.5 Å². The van der Waals surface area contributed by atoms with E-state index in [1.54, 1.807) is 24.3 Å². The van der Waals surface area contributed by atoms with E-state index in [1.807, 2.05) is 32.0 Å². The summed E-state index contributed by atoms with van der Waals surface area (Å²) in [5.74, 6) is 0.554. The number of nitrogens with one attached hydrogen (secondary N) is 1. The van der Waals surface area contributed by atoms with Crippen LogP contribution >= 0.6 is 0 Å². The summed E-state index contributed by atoms with van der Waals surface area (Å²) in [6.45, 7) is 5.29. The molecule has 32 heavy (non-hydrogen) atoms. The third-order valence-corrected chi connectivity index (χ3v) is 4.80. The van der Waals surface area contributed by atoms with E-state index in [9.17, 15) is 14.9 Å². The largest absolute Gasteiger partial charge is 0.493 e. The number of rotatable bonds is 8. The molecule has 0 aliphatic carbocycles. The number of aromatic nitrogens is 1. The summed E-state index contributed by atoms with van der Waals surface area (Å²) in [5.41, 5.74) is 3.65. The summed E-state index contributed by atoms with van der Waals surface area (Å²) >= 11 is 0. The molecule has 3 rings (SSSR count). The van der Waals surface area contributed by atoms with E-state index in [2.05, 4.69) is 10.5 Å². The number of hydrogen-bond donors (Lipinski definition) is 1. The summed E-state index contributed by atoms with van der Waals surface area (Å²) in [5, 5.41) is 17.6. The van der Waals surface area contributed by atoms with Gasteiger partial charge in [0.15, 0.2) is 23.8 Å². The van der Waals surface area contributed by atoms with Crippen LogP contribution in [0, 0.1) is 30.9 Å². The van der Waals surface area contributed by atoms with Crippen LogP contribution in [0.1, 0.15) is 28.1 Å². The Labute approximate surface area is 184 Å². The highest BCUT2D eigenvalue weighted by atomic mass is 16.6. The van der Waals surface area contributed by atoms with E-state index in [4.69, 9.17) is 14.0 Å². The van der Waals surface area contributed by atoms with Gasteiger partial charge < -0.3 is 19.3 Å². The second-order valence-electron chi connectivity index (χ2n) is 7.12. The zero-order valence-corrected chi connectivity index (χ0v) is 18.2. The number of anilines is 1. The van der Waals surface area contributed by atoms with Crippen molar-refractivity contribution in [3.8, 4) is 11.5 Å². The molecule has 1 heterocycles. The van der Waals surface area contributed by atoms with Crippen LogP contribution in [0.15, 0.2) is 40.9 Å². The maximum Gasteiger partial charge on any atom is 0.338 e. The molecule has 0 unspecified atom stereocenters. The summed E-state index contributed by atoms with van der Waals surface area (Å²) in [4.78, 5) is 22.8. The molecule has 2 aromatic carbocycles. The highest BCUT2D eigenvalue weighted by Gasteiger charge is 2.22.